The lowest BCUT2D eigenvalue weighted by Gasteiger charge is -2.34. The maximum absolute atomic E-state index is 4.32. The fourth-order valence-corrected chi connectivity index (χ4v) is 2.46. The molecule has 0 N–H and O–H groups in total. The lowest BCUT2D eigenvalue weighted by atomic mass is 9.99. The van der Waals surface area contributed by atoms with Crippen LogP contribution in [0.15, 0.2) is 12.4 Å². The average molecular weight is 270 g/mol. The second-order valence-corrected chi connectivity index (χ2v) is 5.42. The summed E-state index contributed by atoms with van der Waals surface area (Å²) >= 11 is 3.72. The van der Waals surface area contributed by atoms with Gasteiger partial charge in [0, 0.05) is 29.7 Å². The van der Waals surface area contributed by atoms with Crippen LogP contribution >= 0.6 is 15.9 Å². The molecule has 2 rings (SSSR count). The summed E-state index contributed by atoms with van der Waals surface area (Å²) in [5.41, 5.74) is 1.03. The van der Waals surface area contributed by atoms with Gasteiger partial charge in [-0.15, -0.1) is 0 Å². The molecule has 1 saturated heterocycles. The average Bonchev–Trinajstić information content (AvgIpc) is 2.22. The molecule has 1 fully saturated rings. The minimum Gasteiger partial charge on any atom is -0.355 e. The first-order valence-electron chi connectivity index (χ1n) is 5.34. The van der Waals surface area contributed by atoms with Gasteiger partial charge in [-0.25, -0.2) is 9.97 Å². The molecule has 0 aromatic carbocycles. The topological polar surface area (TPSA) is 29.0 Å². The van der Waals surface area contributed by atoms with Crippen LogP contribution in [0.3, 0.4) is 0 Å². The van der Waals surface area contributed by atoms with Gasteiger partial charge in [0.2, 0.25) is 0 Å². The number of anilines is 1. The van der Waals surface area contributed by atoms with Gasteiger partial charge in [0.05, 0.1) is 0 Å². The van der Waals surface area contributed by atoms with Crippen LogP contribution in [0, 0.1) is 12.8 Å². The Morgan fingerprint density at radius 1 is 1.47 bits per heavy atom. The molecule has 4 heteroatoms. The van der Waals surface area contributed by atoms with Gasteiger partial charge < -0.3 is 4.90 Å². The van der Waals surface area contributed by atoms with Crippen LogP contribution in [-0.4, -0.2) is 27.9 Å². The summed E-state index contributed by atoms with van der Waals surface area (Å²) in [7, 11) is 0. The highest BCUT2D eigenvalue weighted by Crippen LogP contribution is 2.26. The maximum atomic E-state index is 4.32. The SMILES string of the molecule is Cc1cc(N2CCC(C)C(Br)C2)ncn1. The van der Waals surface area contributed by atoms with Gasteiger partial charge in [-0.1, -0.05) is 22.9 Å². The Balaban J connectivity index is 2.12. The molecule has 1 aliphatic rings. The van der Waals surface area contributed by atoms with Crippen molar-refractivity contribution < 1.29 is 0 Å². The van der Waals surface area contributed by atoms with Gasteiger partial charge in [-0.3, -0.25) is 0 Å². The van der Waals surface area contributed by atoms with Gasteiger partial charge in [0.25, 0.3) is 0 Å². The zero-order valence-electron chi connectivity index (χ0n) is 9.15. The third-order valence-electron chi connectivity index (χ3n) is 2.98. The van der Waals surface area contributed by atoms with E-state index in [1.54, 1.807) is 6.33 Å². The summed E-state index contributed by atoms with van der Waals surface area (Å²) in [5.74, 6) is 1.81. The van der Waals surface area contributed by atoms with Gasteiger partial charge in [0.1, 0.15) is 12.1 Å². The molecule has 1 aromatic rings. The first-order valence-corrected chi connectivity index (χ1v) is 6.26. The Kier molecular flexibility index (Phi) is 3.24. The normalized spacial score (nSPS) is 26.7. The van der Waals surface area contributed by atoms with Crippen molar-refractivity contribution in [2.75, 3.05) is 18.0 Å². The van der Waals surface area contributed by atoms with Crippen molar-refractivity contribution in [3.63, 3.8) is 0 Å². The first kappa shape index (κ1) is 10.9. The second kappa shape index (κ2) is 4.47. The molecule has 0 amide bonds. The summed E-state index contributed by atoms with van der Waals surface area (Å²) in [6.45, 7) is 6.43. The standard InChI is InChI=1S/C11H16BrN3/c1-8-3-4-15(6-10(8)12)11-5-9(2)13-7-14-11/h5,7-8,10H,3-4,6H2,1-2H3. The Morgan fingerprint density at radius 3 is 2.93 bits per heavy atom. The molecule has 2 unspecified atom stereocenters. The molecule has 0 bridgehead atoms. The van der Waals surface area contributed by atoms with Crippen LogP contribution in [0.5, 0.6) is 0 Å². The predicted octanol–water partition coefficient (Wildman–Crippen LogP) is 2.39. The summed E-state index contributed by atoms with van der Waals surface area (Å²) in [6.07, 6.45) is 2.87. The van der Waals surface area contributed by atoms with E-state index in [-0.39, 0.29) is 0 Å². The van der Waals surface area contributed by atoms with E-state index in [0.717, 1.165) is 30.5 Å². The number of rotatable bonds is 1. The fourth-order valence-electron chi connectivity index (χ4n) is 1.84. The molecule has 1 aliphatic heterocycles. The Morgan fingerprint density at radius 2 is 2.27 bits per heavy atom. The molecule has 82 valence electrons. The number of piperidine rings is 1. The number of hydrogen-bond acceptors (Lipinski definition) is 3. The van der Waals surface area contributed by atoms with E-state index in [1.807, 2.05) is 6.92 Å². The van der Waals surface area contributed by atoms with Crippen molar-refractivity contribution in [3.05, 3.63) is 18.1 Å². The zero-order chi connectivity index (χ0) is 10.8. The van der Waals surface area contributed by atoms with Crippen molar-refractivity contribution in [2.45, 2.75) is 25.1 Å². The molecule has 0 aliphatic carbocycles. The smallest absolute Gasteiger partial charge is 0.132 e. The quantitative estimate of drug-likeness (QED) is 0.734. The van der Waals surface area contributed by atoms with Crippen molar-refractivity contribution in [2.24, 2.45) is 5.92 Å². The number of halogens is 1. The summed E-state index contributed by atoms with van der Waals surface area (Å²) in [6, 6.07) is 2.05. The van der Waals surface area contributed by atoms with E-state index >= 15 is 0 Å². The fraction of sp³-hybridized carbons (Fsp3) is 0.636. The highest BCUT2D eigenvalue weighted by molar-refractivity contribution is 9.09. The van der Waals surface area contributed by atoms with E-state index in [1.165, 1.54) is 6.42 Å². The lowest BCUT2D eigenvalue weighted by Crippen LogP contribution is -2.40. The van der Waals surface area contributed by atoms with Crippen molar-refractivity contribution in [3.8, 4) is 0 Å². The van der Waals surface area contributed by atoms with Crippen LogP contribution in [0.4, 0.5) is 5.82 Å². The van der Waals surface area contributed by atoms with Gasteiger partial charge in [0.15, 0.2) is 0 Å². The second-order valence-electron chi connectivity index (χ2n) is 4.25. The molecule has 1 aromatic heterocycles. The Hall–Kier alpha value is -0.640. The largest absolute Gasteiger partial charge is 0.355 e. The molecule has 0 radical (unpaired) electrons. The van der Waals surface area contributed by atoms with E-state index in [0.29, 0.717) is 4.83 Å². The molecular formula is C11H16BrN3. The lowest BCUT2D eigenvalue weighted by molar-refractivity contribution is 0.454. The van der Waals surface area contributed by atoms with Gasteiger partial charge in [-0.05, 0) is 19.3 Å². The molecule has 15 heavy (non-hydrogen) atoms. The highest BCUT2D eigenvalue weighted by atomic mass is 79.9. The monoisotopic (exact) mass is 269 g/mol. The molecule has 0 spiro atoms. The van der Waals surface area contributed by atoms with E-state index < -0.39 is 0 Å². The van der Waals surface area contributed by atoms with Crippen LogP contribution in [0.1, 0.15) is 19.0 Å². The number of aryl methyl sites for hydroxylation is 1. The van der Waals surface area contributed by atoms with E-state index in [4.69, 9.17) is 0 Å². The van der Waals surface area contributed by atoms with Crippen molar-refractivity contribution in [1.29, 1.82) is 0 Å². The molecule has 0 saturated carbocycles. The molecule has 2 atom stereocenters. The van der Waals surface area contributed by atoms with Crippen LogP contribution < -0.4 is 4.90 Å². The molecule has 2 heterocycles. The van der Waals surface area contributed by atoms with Crippen LogP contribution in [-0.2, 0) is 0 Å². The van der Waals surface area contributed by atoms with E-state index in [9.17, 15) is 0 Å². The first-order chi connectivity index (χ1) is 7.16. The third kappa shape index (κ3) is 2.48. The molecular weight excluding hydrogens is 254 g/mol. The minimum absolute atomic E-state index is 0.571. The predicted molar refractivity (Wildman–Crippen MR) is 65.5 cm³/mol. The van der Waals surface area contributed by atoms with Crippen LogP contribution in [0.2, 0.25) is 0 Å². The zero-order valence-corrected chi connectivity index (χ0v) is 10.7. The number of alkyl halides is 1. The Labute approximate surface area is 99.0 Å². The maximum Gasteiger partial charge on any atom is 0.132 e. The van der Waals surface area contributed by atoms with Crippen molar-refractivity contribution >= 4 is 21.7 Å². The number of aromatic nitrogens is 2. The summed E-state index contributed by atoms with van der Waals surface area (Å²) < 4.78 is 0. The van der Waals surface area contributed by atoms with Crippen LogP contribution in [0.25, 0.3) is 0 Å². The van der Waals surface area contributed by atoms with Gasteiger partial charge >= 0.3 is 0 Å². The Bertz CT molecular complexity index is 342. The highest BCUT2D eigenvalue weighted by Gasteiger charge is 2.24. The third-order valence-corrected chi connectivity index (χ3v) is 4.17. The molecule has 3 nitrogen and oxygen atoms in total. The van der Waals surface area contributed by atoms with Crippen molar-refractivity contribution in [1.82, 2.24) is 9.97 Å². The number of nitrogens with zero attached hydrogens (tertiary/aromatic N) is 3. The van der Waals surface area contributed by atoms with Gasteiger partial charge in [-0.2, -0.15) is 0 Å². The number of hydrogen-bond donors (Lipinski definition) is 0. The summed E-state index contributed by atoms with van der Waals surface area (Å²) in [5, 5.41) is 0. The van der Waals surface area contributed by atoms with E-state index in [2.05, 4.69) is 43.8 Å². The minimum atomic E-state index is 0.571. The summed E-state index contributed by atoms with van der Waals surface area (Å²) in [4.78, 5) is 11.3.